The van der Waals surface area contributed by atoms with E-state index in [1.54, 1.807) is 39.0 Å². The molecule has 0 aliphatic carbocycles. The largest absolute Gasteiger partial charge is 0.340 e. The highest BCUT2D eigenvalue weighted by Crippen LogP contribution is 2.28. The molecular formula is C28H40N6O5. The molecule has 6 amide bonds. The number of amides is 6. The maximum absolute atomic E-state index is 12.9. The third-order valence-electron chi connectivity index (χ3n) is 8.37. The summed E-state index contributed by atoms with van der Waals surface area (Å²) in [6, 6.07) is 6.52. The number of carbonyl (C=O) groups excluding carboxylic acids is 5. The van der Waals surface area contributed by atoms with E-state index in [2.05, 4.69) is 17.6 Å². The van der Waals surface area contributed by atoms with E-state index in [1.807, 2.05) is 11.8 Å². The predicted molar refractivity (Wildman–Crippen MR) is 147 cm³/mol. The van der Waals surface area contributed by atoms with Crippen molar-refractivity contribution in [2.45, 2.75) is 83.0 Å². The zero-order valence-electron chi connectivity index (χ0n) is 22.9. The van der Waals surface area contributed by atoms with Gasteiger partial charge in [-0.25, -0.2) is 9.59 Å². The Kier molecular flexibility index (Phi) is 9.42. The maximum Gasteiger partial charge on any atom is 0.321 e. The second-order valence-electron chi connectivity index (χ2n) is 10.7. The van der Waals surface area contributed by atoms with E-state index in [-0.39, 0.29) is 48.6 Å². The Morgan fingerprint density at radius 1 is 1.00 bits per heavy atom. The minimum Gasteiger partial charge on any atom is -0.340 e. The molecule has 0 spiro atoms. The average Bonchev–Trinajstić information content (AvgIpc) is 3.50. The molecule has 1 aromatic rings. The molecule has 4 rings (SSSR count). The van der Waals surface area contributed by atoms with E-state index in [0.29, 0.717) is 50.4 Å². The van der Waals surface area contributed by atoms with Gasteiger partial charge >= 0.3 is 12.1 Å². The number of rotatable bonds is 8. The molecule has 3 heterocycles. The van der Waals surface area contributed by atoms with E-state index >= 15 is 0 Å². The lowest BCUT2D eigenvalue weighted by Crippen LogP contribution is -2.48. The summed E-state index contributed by atoms with van der Waals surface area (Å²) in [5, 5.41) is 5.79. The molecule has 39 heavy (non-hydrogen) atoms. The number of aldehydes is 1. The highest BCUT2D eigenvalue weighted by atomic mass is 16.2. The van der Waals surface area contributed by atoms with Gasteiger partial charge in [0.2, 0.25) is 12.3 Å². The first-order valence-electron chi connectivity index (χ1n) is 14.1. The van der Waals surface area contributed by atoms with E-state index < -0.39 is 0 Å². The van der Waals surface area contributed by atoms with Gasteiger partial charge in [-0.1, -0.05) is 0 Å². The van der Waals surface area contributed by atoms with Crippen molar-refractivity contribution in [1.29, 1.82) is 0 Å². The molecule has 4 atom stereocenters. The summed E-state index contributed by atoms with van der Waals surface area (Å²) in [5.41, 5.74) is 1.20. The number of benzene rings is 1. The monoisotopic (exact) mass is 540 g/mol. The normalized spacial score (nSPS) is 25.0. The topological polar surface area (TPSA) is 122 Å². The lowest BCUT2D eigenvalue weighted by atomic mass is 10.1. The second kappa shape index (κ2) is 12.9. The lowest BCUT2D eigenvalue weighted by molar-refractivity contribution is -0.137. The minimum atomic E-state index is -0.338. The first-order chi connectivity index (χ1) is 18.8. The molecule has 3 fully saturated rings. The van der Waals surface area contributed by atoms with E-state index in [4.69, 9.17) is 0 Å². The van der Waals surface area contributed by atoms with Crippen LogP contribution >= 0.6 is 0 Å². The fraction of sp³-hybridized carbons (Fsp3) is 0.607. The summed E-state index contributed by atoms with van der Waals surface area (Å²) < 4.78 is 0. The SMILES string of the molecule is CCN(CC[C@H]1CCC(C)N1C=O)C(=O)Nc1ccc(NC(=O)N2CCC(=O)N3[C@H](CC[C@H]3C=O)CC2)cc1. The fourth-order valence-corrected chi connectivity index (χ4v) is 6.02. The molecule has 11 heteroatoms. The van der Waals surface area contributed by atoms with Crippen molar-refractivity contribution in [1.82, 2.24) is 19.6 Å². The molecule has 11 nitrogen and oxygen atoms in total. The molecular weight excluding hydrogens is 500 g/mol. The average molecular weight is 541 g/mol. The van der Waals surface area contributed by atoms with Crippen LogP contribution in [0.3, 0.4) is 0 Å². The lowest BCUT2D eigenvalue weighted by Gasteiger charge is -2.34. The first-order valence-corrected chi connectivity index (χ1v) is 14.1. The van der Waals surface area contributed by atoms with Gasteiger partial charge in [-0.3, -0.25) is 9.59 Å². The number of carbonyl (C=O) groups is 5. The van der Waals surface area contributed by atoms with Gasteiger partial charge in [0.1, 0.15) is 6.29 Å². The summed E-state index contributed by atoms with van der Waals surface area (Å²) >= 11 is 0. The summed E-state index contributed by atoms with van der Waals surface area (Å²) in [4.78, 5) is 68.1. The van der Waals surface area contributed by atoms with Crippen LogP contribution in [0.2, 0.25) is 0 Å². The van der Waals surface area contributed by atoms with Gasteiger partial charge in [-0.2, -0.15) is 0 Å². The van der Waals surface area contributed by atoms with Gasteiger partial charge < -0.3 is 35.0 Å². The summed E-state index contributed by atoms with van der Waals surface area (Å²) in [6.45, 7) is 5.90. The van der Waals surface area contributed by atoms with Crippen LogP contribution in [-0.4, -0.2) is 101 Å². The van der Waals surface area contributed by atoms with Gasteiger partial charge in [0.05, 0.1) is 6.04 Å². The smallest absolute Gasteiger partial charge is 0.321 e. The highest BCUT2D eigenvalue weighted by molar-refractivity contribution is 5.92. The molecule has 0 radical (unpaired) electrons. The van der Waals surface area contributed by atoms with E-state index in [9.17, 15) is 24.0 Å². The predicted octanol–water partition coefficient (Wildman–Crippen LogP) is 3.13. The maximum atomic E-state index is 12.9. The van der Waals surface area contributed by atoms with Crippen LogP contribution < -0.4 is 10.6 Å². The Labute approximate surface area is 229 Å². The molecule has 212 valence electrons. The number of hydrogen-bond donors (Lipinski definition) is 2. The standard InChI is InChI=1S/C28H40N6O5/c1-3-31(15-12-23-9-4-20(2)33(23)19-36)27(38)29-21-5-7-22(8-6-21)30-28(39)32-16-13-24-10-11-25(18-35)34(24)26(37)14-17-32/h5-8,18-20,23-25H,3-4,9-17H2,1-2H3,(H,29,38)(H,30,39)/t20?,23-,24-,25+/m1/s1. The summed E-state index contributed by atoms with van der Waals surface area (Å²) in [5.74, 6) is -0.0767. The Bertz CT molecular complexity index is 1050. The Hall–Kier alpha value is -3.63. The van der Waals surface area contributed by atoms with Gasteiger partial charge in [0.25, 0.3) is 0 Å². The highest BCUT2D eigenvalue weighted by Gasteiger charge is 2.38. The third kappa shape index (κ3) is 6.69. The van der Waals surface area contributed by atoms with Gasteiger partial charge in [-0.05, 0) is 76.6 Å². The number of urea groups is 2. The fourth-order valence-electron chi connectivity index (χ4n) is 6.02. The molecule has 0 saturated carbocycles. The van der Waals surface area contributed by atoms with E-state index in [0.717, 1.165) is 38.4 Å². The Morgan fingerprint density at radius 2 is 1.72 bits per heavy atom. The Balaban J connectivity index is 1.26. The second-order valence-corrected chi connectivity index (χ2v) is 10.7. The van der Waals surface area contributed by atoms with Crippen molar-refractivity contribution in [2.75, 3.05) is 36.8 Å². The molecule has 3 aliphatic rings. The summed E-state index contributed by atoms with van der Waals surface area (Å²) in [7, 11) is 0. The molecule has 3 aliphatic heterocycles. The number of fused-ring (bicyclic) bond motifs is 1. The number of nitrogens with zero attached hydrogens (tertiary/aromatic N) is 4. The molecule has 0 aromatic heterocycles. The van der Waals surface area contributed by atoms with Crippen LogP contribution in [0.4, 0.5) is 21.0 Å². The zero-order valence-corrected chi connectivity index (χ0v) is 22.9. The van der Waals surface area contributed by atoms with Crippen LogP contribution in [0.15, 0.2) is 24.3 Å². The molecule has 0 bridgehead atoms. The third-order valence-corrected chi connectivity index (χ3v) is 8.37. The number of anilines is 2. The van der Waals surface area contributed by atoms with Crippen molar-refractivity contribution in [3.63, 3.8) is 0 Å². The van der Waals surface area contributed by atoms with Crippen molar-refractivity contribution >= 4 is 42.0 Å². The molecule has 1 unspecified atom stereocenters. The van der Waals surface area contributed by atoms with Crippen molar-refractivity contribution in [3.8, 4) is 0 Å². The number of nitrogens with one attached hydrogen (secondary N) is 2. The van der Waals surface area contributed by atoms with Crippen molar-refractivity contribution in [3.05, 3.63) is 24.3 Å². The van der Waals surface area contributed by atoms with Crippen LogP contribution in [0.25, 0.3) is 0 Å². The van der Waals surface area contributed by atoms with Gasteiger partial charge in [-0.15, -0.1) is 0 Å². The van der Waals surface area contributed by atoms with Crippen LogP contribution in [-0.2, 0) is 14.4 Å². The van der Waals surface area contributed by atoms with Crippen molar-refractivity contribution < 1.29 is 24.0 Å². The van der Waals surface area contributed by atoms with Gasteiger partial charge in [0.15, 0.2) is 0 Å². The minimum absolute atomic E-state index is 0.000405. The Morgan fingerprint density at radius 3 is 2.38 bits per heavy atom. The molecule has 3 saturated heterocycles. The quantitative estimate of drug-likeness (QED) is 0.491. The first kappa shape index (κ1) is 28.4. The summed E-state index contributed by atoms with van der Waals surface area (Å²) in [6.07, 6.45) is 6.77. The van der Waals surface area contributed by atoms with Crippen molar-refractivity contribution in [2.24, 2.45) is 0 Å². The number of likely N-dealkylation sites (tertiary alicyclic amines) is 1. The van der Waals surface area contributed by atoms with Crippen LogP contribution in [0.5, 0.6) is 0 Å². The zero-order chi connectivity index (χ0) is 27.9. The van der Waals surface area contributed by atoms with Gasteiger partial charge in [0, 0.05) is 62.1 Å². The van der Waals surface area contributed by atoms with Crippen LogP contribution in [0.1, 0.15) is 58.8 Å². The molecule has 2 N–H and O–H groups in total. The molecule has 1 aromatic carbocycles. The number of hydrogen-bond acceptors (Lipinski definition) is 5. The van der Waals surface area contributed by atoms with E-state index in [1.165, 1.54) is 0 Å². The van der Waals surface area contributed by atoms with Crippen LogP contribution in [0, 0.1) is 0 Å².